The molecule has 3 aliphatic rings. The Kier molecular flexibility index (Phi) is 2.73. The van der Waals surface area contributed by atoms with Crippen LogP contribution < -0.4 is 5.32 Å². The molecule has 2 heterocycles. The third-order valence-electron chi connectivity index (χ3n) is 3.85. The Morgan fingerprint density at radius 1 is 1.21 bits per heavy atom. The lowest BCUT2D eigenvalue weighted by Crippen LogP contribution is -2.54. The van der Waals surface area contributed by atoms with Crippen LogP contribution in [0.15, 0.2) is 0 Å². The molecule has 0 radical (unpaired) electrons. The van der Waals surface area contributed by atoms with E-state index < -0.39 is 0 Å². The minimum Gasteiger partial charge on any atom is -0.311 e. The fourth-order valence-electron chi connectivity index (χ4n) is 2.76. The number of rotatable bonds is 2. The standard InChI is InChI=1S/C11H20N2S/c1-2-9(1)11-7-13(5-4-12-11)10-3-6-14-8-10/h9-12H,1-8H2. The minimum absolute atomic E-state index is 0.828. The summed E-state index contributed by atoms with van der Waals surface area (Å²) in [5.74, 6) is 3.80. The van der Waals surface area contributed by atoms with Crippen molar-refractivity contribution in [2.45, 2.75) is 31.3 Å². The van der Waals surface area contributed by atoms with Crippen molar-refractivity contribution in [3.05, 3.63) is 0 Å². The molecule has 0 aromatic carbocycles. The minimum atomic E-state index is 0.828. The van der Waals surface area contributed by atoms with Gasteiger partial charge in [-0.2, -0.15) is 11.8 Å². The molecule has 0 spiro atoms. The SMILES string of the molecule is C1CN(C2CCSC2)CC(C2CC2)N1. The molecule has 2 aliphatic heterocycles. The predicted molar refractivity (Wildman–Crippen MR) is 61.8 cm³/mol. The fourth-order valence-corrected chi connectivity index (χ4v) is 4.01. The highest BCUT2D eigenvalue weighted by molar-refractivity contribution is 7.99. The summed E-state index contributed by atoms with van der Waals surface area (Å²) in [7, 11) is 0. The maximum absolute atomic E-state index is 3.69. The van der Waals surface area contributed by atoms with Gasteiger partial charge in [-0.1, -0.05) is 0 Å². The van der Waals surface area contributed by atoms with E-state index in [1.54, 1.807) is 0 Å². The maximum Gasteiger partial charge on any atom is 0.0223 e. The number of thioether (sulfide) groups is 1. The van der Waals surface area contributed by atoms with Crippen LogP contribution in [0.1, 0.15) is 19.3 Å². The van der Waals surface area contributed by atoms with E-state index in [0.717, 1.165) is 18.0 Å². The average molecular weight is 212 g/mol. The topological polar surface area (TPSA) is 15.3 Å². The van der Waals surface area contributed by atoms with Crippen molar-refractivity contribution in [3.8, 4) is 0 Å². The van der Waals surface area contributed by atoms with E-state index in [0.29, 0.717) is 0 Å². The van der Waals surface area contributed by atoms with Crippen LogP contribution in [0.3, 0.4) is 0 Å². The molecule has 14 heavy (non-hydrogen) atoms. The highest BCUT2D eigenvalue weighted by atomic mass is 32.2. The van der Waals surface area contributed by atoms with Gasteiger partial charge in [0.05, 0.1) is 0 Å². The molecular formula is C11H20N2S. The molecule has 2 atom stereocenters. The second-order valence-corrected chi connectivity index (χ2v) is 6.06. The van der Waals surface area contributed by atoms with E-state index in [9.17, 15) is 0 Å². The zero-order valence-corrected chi connectivity index (χ0v) is 9.56. The Labute approximate surface area is 90.8 Å². The summed E-state index contributed by atoms with van der Waals surface area (Å²) in [6.45, 7) is 3.84. The van der Waals surface area contributed by atoms with Crippen molar-refractivity contribution in [2.24, 2.45) is 5.92 Å². The molecule has 0 aromatic rings. The monoisotopic (exact) mass is 212 g/mol. The molecule has 1 N–H and O–H groups in total. The van der Waals surface area contributed by atoms with Crippen molar-refractivity contribution < 1.29 is 0 Å². The lowest BCUT2D eigenvalue weighted by atomic mass is 10.1. The molecule has 0 aromatic heterocycles. The quantitative estimate of drug-likeness (QED) is 0.740. The van der Waals surface area contributed by atoms with Gasteiger partial charge in [-0.25, -0.2) is 0 Å². The Balaban J connectivity index is 1.57. The Morgan fingerprint density at radius 2 is 2.14 bits per heavy atom. The van der Waals surface area contributed by atoms with Crippen molar-refractivity contribution in [2.75, 3.05) is 31.1 Å². The summed E-state index contributed by atoms with van der Waals surface area (Å²) in [5, 5.41) is 3.69. The smallest absolute Gasteiger partial charge is 0.0223 e. The molecule has 3 heteroatoms. The predicted octanol–water partition coefficient (Wildman–Crippen LogP) is 1.18. The molecule has 1 saturated carbocycles. The molecule has 3 rings (SSSR count). The second kappa shape index (κ2) is 4.03. The molecule has 2 nitrogen and oxygen atoms in total. The van der Waals surface area contributed by atoms with Gasteiger partial charge >= 0.3 is 0 Å². The summed E-state index contributed by atoms with van der Waals surface area (Å²) in [6, 6.07) is 1.73. The van der Waals surface area contributed by atoms with Crippen LogP contribution in [0.4, 0.5) is 0 Å². The van der Waals surface area contributed by atoms with E-state index >= 15 is 0 Å². The second-order valence-electron chi connectivity index (χ2n) is 4.91. The number of hydrogen-bond acceptors (Lipinski definition) is 3. The van der Waals surface area contributed by atoms with Crippen molar-refractivity contribution in [3.63, 3.8) is 0 Å². The summed E-state index contributed by atoms with van der Waals surface area (Å²) < 4.78 is 0. The first-order valence-corrected chi connectivity index (χ1v) is 7.14. The molecule has 0 bridgehead atoms. The normalized spacial score (nSPS) is 40.3. The third-order valence-corrected chi connectivity index (χ3v) is 4.99. The Bertz CT molecular complexity index is 199. The summed E-state index contributed by atoms with van der Waals surface area (Å²) in [4.78, 5) is 2.75. The van der Waals surface area contributed by atoms with Crippen molar-refractivity contribution in [1.82, 2.24) is 10.2 Å². The van der Waals surface area contributed by atoms with E-state index in [2.05, 4.69) is 22.0 Å². The molecule has 80 valence electrons. The van der Waals surface area contributed by atoms with E-state index in [-0.39, 0.29) is 0 Å². The maximum atomic E-state index is 3.69. The van der Waals surface area contributed by atoms with E-state index in [1.807, 2.05) is 0 Å². The van der Waals surface area contributed by atoms with E-state index in [1.165, 1.54) is 50.4 Å². The van der Waals surface area contributed by atoms with Gasteiger partial charge in [0.25, 0.3) is 0 Å². The first-order valence-electron chi connectivity index (χ1n) is 5.98. The van der Waals surface area contributed by atoms with Crippen LogP contribution in [-0.2, 0) is 0 Å². The number of nitrogens with zero attached hydrogens (tertiary/aromatic N) is 1. The Morgan fingerprint density at radius 3 is 2.86 bits per heavy atom. The largest absolute Gasteiger partial charge is 0.311 e. The molecule has 2 saturated heterocycles. The highest BCUT2D eigenvalue weighted by Gasteiger charge is 2.36. The molecular weight excluding hydrogens is 192 g/mol. The molecule has 3 fully saturated rings. The first-order chi connectivity index (χ1) is 6.93. The van der Waals surface area contributed by atoms with Crippen LogP contribution in [0.5, 0.6) is 0 Å². The van der Waals surface area contributed by atoms with Gasteiger partial charge in [0.2, 0.25) is 0 Å². The van der Waals surface area contributed by atoms with Crippen LogP contribution in [0, 0.1) is 5.92 Å². The van der Waals surface area contributed by atoms with Crippen molar-refractivity contribution in [1.29, 1.82) is 0 Å². The van der Waals surface area contributed by atoms with Crippen LogP contribution >= 0.6 is 11.8 Å². The highest BCUT2D eigenvalue weighted by Crippen LogP contribution is 2.34. The molecule has 1 aliphatic carbocycles. The first kappa shape index (κ1) is 9.49. The Hall–Kier alpha value is 0.270. The zero-order valence-electron chi connectivity index (χ0n) is 8.74. The number of nitrogens with one attached hydrogen (secondary N) is 1. The summed E-state index contributed by atoms with van der Waals surface area (Å²) in [6.07, 6.45) is 4.39. The lowest BCUT2D eigenvalue weighted by Gasteiger charge is -2.37. The van der Waals surface area contributed by atoms with Crippen LogP contribution in [0.2, 0.25) is 0 Å². The number of piperazine rings is 1. The lowest BCUT2D eigenvalue weighted by molar-refractivity contribution is 0.147. The van der Waals surface area contributed by atoms with E-state index in [4.69, 9.17) is 0 Å². The molecule has 2 unspecified atom stereocenters. The fraction of sp³-hybridized carbons (Fsp3) is 1.00. The van der Waals surface area contributed by atoms with Crippen LogP contribution in [-0.4, -0.2) is 48.1 Å². The van der Waals surface area contributed by atoms with Gasteiger partial charge in [-0.15, -0.1) is 0 Å². The van der Waals surface area contributed by atoms with Gasteiger partial charge < -0.3 is 5.32 Å². The van der Waals surface area contributed by atoms with Gasteiger partial charge in [-0.05, 0) is 30.9 Å². The van der Waals surface area contributed by atoms with Gasteiger partial charge in [0, 0.05) is 37.5 Å². The average Bonchev–Trinajstić information content (AvgIpc) is 2.94. The zero-order chi connectivity index (χ0) is 9.38. The number of hydrogen-bond donors (Lipinski definition) is 1. The van der Waals surface area contributed by atoms with Gasteiger partial charge in [0.1, 0.15) is 0 Å². The van der Waals surface area contributed by atoms with Gasteiger partial charge in [-0.3, -0.25) is 4.90 Å². The summed E-state index contributed by atoms with van der Waals surface area (Å²) in [5.41, 5.74) is 0. The van der Waals surface area contributed by atoms with Gasteiger partial charge in [0.15, 0.2) is 0 Å². The third kappa shape index (κ3) is 1.95. The van der Waals surface area contributed by atoms with Crippen LogP contribution in [0.25, 0.3) is 0 Å². The molecule has 0 amide bonds. The summed E-state index contributed by atoms with van der Waals surface area (Å²) >= 11 is 2.14. The van der Waals surface area contributed by atoms with Crippen molar-refractivity contribution >= 4 is 11.8 Å².